The van der Waals surface area contributed by atoms with E-state index in [1.807, 2.05) is 0 Å². The van der Waals surface area contributed by atoms with Crippen LogP contribution in [0.4, 0.5) is 10.1 Å². The summed E-state index contributed by atoms with van der Waals surface area (Å²) >= 11 is 0. The van der Waals surface area contributed by atoms with Crippen molar-refractivity contribution < 1.29 is 18.7 Å². The molecule has 3 aromatic rings. The number of ether oxygens (including phenoxy) is 2. The number of nitrogens with two attached hydrogens (primary N) is 1. The van der Waals surface area contributed by atoms with Crippen molar-refractivity contribution in [2.45, 2.75) is 25.1 Å². The Labute approximate surface area is 201 Å². The fourth-order valence-corrected chi connectivity index (χ4v) is 3.33. The standard InChI is InChI=1S/C23H27FN8O3/c24-17(14-35-6-5-34-4-3-25)12-29-23(33)19-13-27-21(8-20(19)31-18-1-2-18)32-22-16(11-30-32)7-15(9-26)10-28-22/h7-8,10-11,13,17-18H,1-6,12,14,25H2,(H,27,31)(H,29,33). The van der Waals surface area contributed by atoms with Crippen LogP contribution in [-0.2, 0) is 9.47 Å². The number of hydrogen-bond donors (Lipinski definition) is 3. The minimum Gasteiger partial charge on any atom is -0.382 e. The van der Waals surface area contributed by atoms with Gasteiger partial charge < -0.3 is 25.8 Å². The number of hydrogen-bond acceptors (Lipinski definition) is 9. The quantitative estimate of drug-likeness (QED) is 0.306. The van der Waals surface area contributed by atoms with E-state index in [0.717, 1.165) is 12.8 Å². The average molecular weight is 483 g/mol. The number of halogens is 1. The summed E-state index contributed by atoms with van der Waals surface area (Å²) in [6.07, 6.45) is 5.15. The van der Waals surface area contributed by atoms with Gasteiger partial charge in [-0.25, -0.2) is 14.4 Å². The summed E-state index contributed by atoms with van der Waals surface area (Å²) in [6, 6.07) is 5.74. The molecule has 1 atom stereocenters. The summed E-state index contributed by atoms with van der Waals surface area (Å²) < 4.78 is 26.1. The highest BCUT2D eigenvalue weighted by atomic mass is 19.1. The van der Waals surface area contributed by atoms with Gasteiger partial charge in [-0.2, -0.15) is 15.0 Å². The van der Waals surface area contributed by atoms with E-state index in [9.17, 15) is 9.18 Å². The third-order valence-corrected chi connectivity index (χ3v) is 5.24. The van der Waals surface area contributed by atoms with E-state index >= 15 is 0 Å². The molecule has 4 N–H and O–H groups in total. The average Bonchev–Trinajstić information content (AvgIpc) is 3.59. The molecule has 184 valence electrons. The lowest BCUT2D eigenvalue weighted by Crippen LogP contribution is -2.33. The number of nitrogens with zero attached hydrogens (tertiary/aromatic N) is 5. The van der Waals surface area contributed by atoms with E-state index in [1.165, 1.54) is 12.4 Å². The first-order valence-electron chi connectivity index (χ1n) is 11.4. The molecule has 4 rings (SSSR count). The molecule has 1 amide bonds. The highest BCUT2D eigenvalue weighted by molar-refractivity contribution is 5.99. The van der Waals surface area contributed by atoms with Gasteiger partial charge in [0.2, 0.25) is 0 Å². The van der Waals surface area contributed by atoms with Crippen molar-refractivity contribution in [1.29, 1.82) is 5.26 Å². The van der Waals surface area contributed by atoms with Gasteiger partial charge in [0.1, 0.15) is 12.2 Å². The molecule has 1 aliphatic rings. The van der Waals surface area contributed by atoms with Gasteiger partial charge in [0.25, 0.3) is 5.91 Å². The topological polar surface area (TPSA) is 153 Å². The Bertz CT molecular complexity index is 1210. The zero-order valence-corrected chi connectivity index (χ0v) is 19.1. The summed E-state index contributed by atoms with van der Waals surface area (Å²) in [6.45, 7) is 1.10. The van der Waals surface area contributed by atoms with Gasteiger partial charge in [0.15, 0.2) is 11.5 Å². The Morgan fingerprint density at radius 2 is 2.06 bits per heavy atom. The van der Waals surface area contributed by atoms with Crippen LogP contribution in [0, 0.1) is 11.3 Å². The molecule has 35 heavy (non-hydrogen) atoms. The molecule has 1 unspecified atom stereocenters. The molecule has 0 bridgehead atoms. The first-order valence-corrected chi connectivity index (χ1v) is 11.4. The largest absolute Gasteiger partial charge is 0.382 e. The number of fused-ring (bicyclic) bond motifs is 1. The minimum absolute atomic E-state index is 0.149. The lowest BCUT2D eigenvalue weighted by Gasteiger charge is -2.15. The van der Waals surface area contributed by atoms with Crippen LogP contribution in [0.5, 0.6) is 0 Å². The van der Waals surface area contributed by atoms with Crippen LogP contribution in [0.3, 0.4) is 0 Å². The first kappa shape index (κ1) is 24.5. The molecule has 1 aliphatic carbocycles. The second kappa shape index (κ2) is 11.7. The Morgan fingerprint density at radius 3 is 2.83 bits per heavy atom. The van der Waals surface area contributed by atoms with E-state index in [-0.39, 0.29) is 25.8 Å². The number of carbonyl (C=O) groups is 1. The van der Waals surface area contributed by atoms with Crippen LogP contribution in [0.1, 0.15) is 28.8 Å². The van der Waals surface area contributed by atoms with Gasteiger partial charge in [-0.05, 0) is 18.9 Å². The van der Waals surface area contributed by atoms with Gasteiger partial charge >= 0.3 is 0 Å². The third kappa shape index (κ3) is 6.48. The molecule has 1 saturated carbocycles. The highest BCUT2D eigenvalue weighted by Crippen LogP contribution is 2.28. The van der Waals surface area contributed by atoms with Crippen molar-refractivity contribution in [2.75, 3.05) is 44.8 Å². The third-order valence-electron chi connectivity index (χ3n) is 5.24. The predicted octanol–water partition coefficient (Wildman–Crippen LogP) is 1.32. The van der Waals surface area contributed by atoms with E-state index in [1.54, 1.807) is 23.0 Å². The van der Waals surface area contributed by atoms with Crippen LogP contribution >= 0.6 is 0 Å². The number of alkyl halides is 1. The SMILES string of the molecule is N#Cc1cnc2c(cnn2-c2cc(NC3CC3)c(C(=O)NCC(F)COCCOCCN)cn2)c1. The zero-order valence-electron chi connectivity index (χ0n) is 19.1. The van der Waals surface area contributed by atoms with Crippen LogP contribution in [0.2, 0.25) is 0 Å². The van der Waals surface area contributed by atoms with E-state index < -0.39 is 12.1 Å². The van der Waals surface area contributed by atoms with Crippen molar-refractivity contribution in [3.05, 3.63) is 41.9 Å². The first-order chi connectivity index (χ1) is 17.1. The molecular weight excluding hydrogens is 455 g/mol. The lowest BCUT2D eigenvalue weighted by atomic mass is 10.2. The van der Waals surface area contributed by atoms with Gasteiger partial charge in [-0.3, -0.25) is 4.79 Å². The fraction of sp³-hybridized carbons (Fsp3) is 0.435. The van der Waals surface area contributed by atoms with Crippen LogP contribution in [0.25, 0.3) is 16.9 Å². The van der Waals surface area contributed by atoms with Crippen molar-refractivity contribution in [2.24, 2.45) is 5.73 Å². The molecule has 0 aliphatic heterocycles. The van der Waals surface area contributed by atoms with Gasteiger partial charge in [-0.1, -0.05) is 0 Å². The predicted molar refractivity (Wildman–Crippen MR) is 126 cm³/mol. The number of amides is 1. The van der Waals surface area contributed by atoms with Gasteiger partial charge in [0.05, 0.1) is 56.0 Å². The van der Waals surface area contributed by atoms with E-state index in [2.05, 4.69) is 31.8 Å². The van der Waals surface area contributed by atoms with Gasteiger partial charge in [0, 0.05) is 36.4 Å². The zero-order chi connectivity index (χ0) is 24.6. The molecule has 0 spiro atoms. The van der Waals surface area contributed by atoms with Crippen molar-refractivity contribution >= 4 is 22.6 Å². The molecule has 0 radical (unpaired) electrons. The maximum atomic E-state index is 14.2. The van der Waals surface area contributed by atoms with Crippen LogP contribution < -0.4 is 16.4 Å². The minimum atomic E-state index is -1.36. The van der Waals surface area contributed by atoms with Crippen LogP contribution in [-0.4, -0.2) is 77.4 Å². The van der Waals surface area contributed by atoms with Gasteiger partial charge in [-0.15, -0.1) is 0 Å². The van der Waals surface area contributed by atoms with Crippen LogP contribution in [0.15, 0.2) is 30.7 Å². The van der Waals surface area contributed by atoms with E-state index in [0.29, 0.717) is 53.4 Å². The summed E-state index contributed by atoms with van der Waals surface area (Å²) in [5.41, 5.74) is 7.18. The monoisotopic (exact) mass is 482 g/mol. The molecule has 0 saturated heterocycles. The Hall–Kier alpha value is -3.66. The number of carbonyl (C=O) groups excluding carboxylic acids is 1. The Kier molecular flexibility index (Phi) is 8.15. The Morgan fingerprint density at radius 1 is 1.23 bits per heavy atom. The summed E-state index contributed by atoms with van der Waals surface area (Å²) in [7, 11) is 0. The molecule has 12 heteroatoms. The second-order valence-electron chi connectivity index (χ2n) is 8.09. The summed E-state index contributed by atoms with van der Waals surface area (Å²) in [4.78, 5) is 21.5. The lowest BCUT2D eigenvalue weighted by molar-refractivity contribution is 0.0282. The number of aromatic nitrogens is 4. The normalized spacial score (nSPS) is 14.0. The molecule has 3 aromatic heterocycles. The summed E-state index contributed by atoms with van der Waals surface area (Å²) in [5.74, 6) is 0.0220. The number of pyridine rings is 2. The smallest absolute Gasteiger partial charge is 0.255 e. The van der Waals surface area contributed by atoms with Crippen molar-refractivity contribution in [3.8, 4) is 11.9 Å². The second-order valence-corrected chi connectivity index (χ2v) is 8.09. The number of nitriles is 1. The molecular formula is C23H27FN8O3. The molecule has 0 aromatic carbocycles. The number of anilines is 1. The van der Waals surface area contributed by atoms with Crippen molar-refractivity contribution in [3.63, 3.8) is 0 Å². The van der Waals surface area contributed by atoms with E-state index in [4.69, 9.17) is 20.5 Å². The molecule has 11 nitrogen and oxygen atoms in total. The molecule has 1 fully saturated rings. The maximum absolute atomic E-state index is 14.2. The summed E-state index contributed by atoms with van der Waals surface area (Å²) in [5, 5.41) is 20.1. The number of rotatable bonds is 13. The molecule has 3 heterocycles. The fourth-order valence-electron chi connectivity index (χ4n) is 3.33. The highest BCUT2D eigenvalue weighted by Gasteiger charge is 2.24. The number of nitrogens with one attached hydrogen (secondary N) is 2. The maximum Gasteiger partial charge on any atom is 0.255 e. The Balaban J connectivity index is 1.42. The van der Waals surface area contributed by atoms with Crippen molar-refractivity contribution in [1.82, 2.24) is 25.1 Å².